The molecule has 0 saturated carbocycles. The summed E-state index contributed by atoms with van der Waals surface area (Å²) >= 11 is 0. The first kappa shape index (κ1) is 21.2. The van der Waals surface area contributed by atoms with E-state index in [1.807, 2.05) is 30.3 Å². The van der Waals surface area contributed by atoms with Crippen LogP contribution in [0, 0.1) is 0 Å². The van der Waals surface area contributed by atoms with Crippen LogP contribution in [0.1, 0.15) is 16.1 Å². The van der Waals surface area contributed by atoms with E-state index in [0.29, 0.717) is 0 Å². The van der Waals surface area contributed by atoms with E-state index in [9.17, 15) is 14.5 Å². The fourth-order valence-electron chi connectivity index (χ4n) is 2.27. The van der Waals surface area contributed by atoms with Gasteiger partial charge in [-0.3, -0.25) is 4.57 Å². The van der Waals surface area contributed by atoms with Crippen molar-refractivity contribution < 1.29 is 33.0 Å². The molecule has 0 spiro atoms. The predicted molar refractivity (Wildman–Crippen MR) is 94.0 cm³/mol. The highest BCUT2D eigenvalue weighted by atomic mass is 31.2. The summed E-state index contributed by atoms with van der Waals surface area (Å²) in [5.74, 6) is -2.23. The van der Waals surface area contributed by atoms with Gasteiger partial charge in [0, 0.05) is 14.2 Å². The molecule has 0 saturated heterocycles. The van der Waals surface area contributed by atoms with E-state index in [-0.39, 0.29) is 18.8 Å². The van der Waals surface area contributed by atoms with Crippen LogP contribution >= 0.6 is 7.60 Å². The molecule has 1 aromatic heterocycles. The van der Waals surface area contributed by atoms with Crippen molar-refractivity contribution in [1.82, 2.24) is 15.0 Å². The number of aliphatic hydroxyl groups excluding tert-OH is 1. The zero-order valence-electron chi connectivity index (χ0n) is 15.2. The van der Waals surface area contributed by atoms with Crippen LogP contribution in [-0.4, -0.2) is 59.3 Å². The van der Waals surface area contributed by atoms with E-state index >= 15 is 0 Å². The Morgan fingerprint density at radius 1 is 1.22 bits per heavy atom. The maximum absolute atomic E-state index is 12.6. The maximum atomic E-state index is 12.6. The van der Waals surface area contributed by atoms with E-state index in [2.05, 4.69) is 15.0 Å². The second-order valence-corrected chi connectivity index (χ2v) is 7.81. The lowest BCUT2D eigenvalue weighted by Gasteiger charge is -2.27. The molecule has 0 aliphatic carbocycles. The highest BCUT2D eigenvalue weighted by Gasteiger charge is 2.40. The summed E-state index contributed by atoms with van der Waals surface area (Å²) in [4.78, 5) is 11.5. The molecule has 2 atom stereocenters. The van der Waals surface area contributed by atoms with Crippen molar-refractivity contribution >= 4 is 13.6 Å². The van der Waals surface area contributed by atoms with Crippen LogP contribution in [-0.2, 0) is 36.2 Å². The van der Waals surface area contributed by atoms with Gasteiger partial charge in [0.25, 0.3) is 0 Å². The molecule has 2 aromatic rings. The lowest BCUT2D eigenvalue weighted by Crippen LogP contribution is -2.34. The Morgan fingerprint density at radius 2 is 1.89 bits per heavy atom. The number of methoxy groups -OCH3 is 1. The average Bonchev–Trinajstić information content (AvgIpc) is 3.18. The lowest BCUT2D eigenvalue weighted by atomic mass is 10.2. The number of aromatic nitrogens is 3. The number of carbonyl (C=O) groups excluding carboxylic acids is 1. The number of esters is 1. The molecule has 2 rings (SSSR count). The molecule has 0 bridgehead atoms. The van der Waals surface area contributed by atoms with Crippen molar-refractivity contribution in [3.8, 4) is 0 Å². The van der Waals surface area contributed by atoms with E-state index in [1.54, 1.807) is 0 Å². The highest BCUT2D eigenvalue weighted by molar-refractivity contribution is 7.54. The van der Waals surface area contributed by atoms with Crippen molar-refractivity contribution in [3.63, 3.8) is 0 Å². The summed E-state index contributed by atoms with van der Waals surface area (Å²) in [7, 11) is -0.254. The number of hydrogen-bond donors (Lipinski definition) is 1. The SMILES string of the molecule is COC(=O)c1cn(C[C@H](OCc2ccccc2)[C@H](O)P(=O)(OC)OC)nn1. The van der Waals surface area contributed by atoms with Crippen molar-refractivity contribution in [3.05, 3.63) is 47.8 Å². The molecule has 10 nitrogen and oxygen atoms in total. The van der Waals surface area contributed by atoms with Crippen LogP contribution in [0.25, 0.3) is 0 Å². The average molecular weight is 399 g/mol. The number of rotatable bonds is 10. The summed E-state index contributed by atoms with van der Waals surface area (Å²) in [5, 5.41) is 18.0. The Labute approximate surface area is 156 Å². The molecule has 148 valence electrons. The number of aliphatic hydroxyl groups is 1. The Balaban J connectivity index is 2.19. The van der Waals surface area contributed by atoms with Gasteiger partial charge in [0.1, 0.15) is 6.10 Å². The fraction of sp³-hybridized carbons (Fsp3) is 0.438. The van der Waals surface area contributed by atoms with Crippen molar-refractivity contribution in [2.45, 2.75) is 25.1 Å². The molecule has 27 heavy (non-hydrogen) atoms. The van der Waals surface area contributed by atoms with Crippen molar-refractivity contribution in [1.29, 1.82) is 0 Å². The minimum atomic E-state index is -3.83. The molecular formula is C16H22N3O7P. The first-order valence-corrected chi connectivity index (χ1v) is 9.58. The Hall–Kier alpha value is -2.10. The third-order valence-corrected chi connectivity index (χ3v) is 5.77. The van der Waals surface area contributed by atoms with Gasteiger partial charge in [0.05, 0.1) is 26.5 Å². The summed E-state index contributed by atoms with van der Waals surface area (Å²) in [6.07, 6.45) is 0.324. The number of carbonyl (C=O) groups is 1. The van der Waals surface area contributed by atoms with Gasteiger partial charge in [-0.25, -0.2) is 9.48 Å². The van der Waals surface area contributed by atoms with E-state index in [4.69, 9.17) is 13.8 Å². The Kier molecular flexibility index (Phi) is 7.64. The molecule has 0 radical (unpaired) electrons. The van der Waals surface area contributed by atoms with Crippen LogP contribution in [0.4, 0.5) is 0 Å². The first-order chi connectivity index (χ1) is 12.9. The Bertz CT molecular complexity index is 775. The molecule has 0 unspecified atom stereocenters. The molecule has 1 aromatic carbocycles. The van der Waals surface area contributed by atoms with Crippen LogP contribution in [0.5, 0.6) is 0 Å². The third kappa shape index (κ3) is 5.44. The van der Waals surface area contributed by atoms with Crippen LogP contribution in [0.2, 0.25) is 0 Å². The quantitative estimate of drug-likeness (QED) is 0.467. The summed E-state index contributed by atoms with van der Waals surface area (Å²) in [6.45, 7) is 0.100. The molecule has 0 fully saturated rings. The van der Waals surface area contributed by atoms with Crippen LogP contribution in [0.3, 0.4) is 0 Å². The summed E-state index contributed by atoms with van der Waals surface area (Å²) < 4.78 is 33.9. The van der Waals surface area contributed by atoms with Gasteiger partial charge < -0.3 is 23.6 Å². The van der Waals surface area contributed by atoms with Crippen LogP contribution in [0.15, 0.2) is 36.5 Å². The summed E-state index contributed by atoms with van der Waals surface area (Å²) in [5.41, 5.74) is 0.851. The largest absolute Gasteiger partial charge is 0.464 e. The third-order valence-electron chi connectivity index (χ3n) is 3.77. The first-order valence-electron chi connectivity index (χ1n) is 7.96. The Morgan fingerprint density at radius 3 is 2.48 bits per heavy atom. The van der Waals surface area contributed by atoms with Gasteiger partial charge in [-0.1, -0.05) is 35.5 Å². The predicted octanol–water partition coefficient (Wildman–Crippen LogP) is 1.45. The van der Waals surface area contributed by atoms with Gasteiger partial charge >= 0.3 is 13.6 Å². The lowest BCUT2D eigenvalue weighted by molar-refractivity contribution is -0.0353. The smallest absolute Gasteiger partial charge is 0.361 e. The second kappa shape index (κ2) is 9.72. The normalized spacial score (nSPS) is 13.9. The molecule has 0 aliphatic heterocycles. The van der Waals surface area contributed by atoms with Crippen molar-refractivity contribution in [2.24, 2.45) is 0 Å². The minimum Gasteiger partial charge on any atom is -0.464 e. The van der Waals surface area contributed by atoms with E-state index < -0.39 is 25.5 Å². The number of benzene rings is 1. The number of hydrogen-bond acceptors (Lipinski definition) is 9. The molecule has 1 N–H and O–H groups in total. The van der Waals surface area contributed by atoms with E-state index in [1.165, 1.54) is 32.2 Å². The standard InChI is InChI=1S/C16H22N3O7P/c1-23-15(20)13-9-19(18-17-13)10-14(16(21)27(22,24-2)25-3)26-11-12-7-5-4-6-8-12/h4-9,14,16,21H,10-11H2,1-3H3/t14-,16+/m0/s1. The number of ether oxygens (including phenoxy) is 2. The molecule has 1 heterocycles. The maximum Gasteiger partial charge on any atom is 0.361 e. The zero-order chi connectivity index (χ0) is 19.9. The monoisotopic (exact) mass is 399 g/mol. The molecule has 0 amide bonds. The molecule has 0 aliphatic rings. The topological polar surface area (TPSA) is 122 Å². The molecule has 11 heteroatoms. The van der Waals surface area contributed by atoms with Gasteiger partial charge in [-0.15, -0.1) is 5.10 Å². The van der Waals surface area contributed by atoms with Crippen LogP contribution < -0.4 is 0 Å². The summed E-state index contributed by atoms with van der Waals surface area (Å²) in [6, 6.07) is 9.25. The van der Waals surface area contributed by atoms with Gasteiger partial charge in [-0.2, -0.15) is 0 Å². The van der Waals surface area contributed by atoms with Gasteiger partial charge in [-0.05, 0) is 5.56 Å². The second-order valence-electron chi connectivity index (χ2n) is 5.47. The fourth-order valence-corrected chi connectivity index (χ4v) is 3.44. The highest BCUT2D eigenvalue weighted by Crippen LogP contribution is 2.52. The van der Waals surface area contributed by atoms with E-state index in [0.717, 1.165) is 5.56 Å². The minimum absolute atomic E-state index is 0.00420. The van der Waals surface area contributed by atoms with Crippen molar-refractivity contribution in [2.75, 3.05) is 21.3 Å². The van der Waals surface area contributed by atoms with Gasteiger partial charge in [0.15, 0.2) is 11.5 Å². The zero-order valence-corrected chi connectivity index (χ0v) is 16.1. The number of nitrogens with zero attached hydrogens (tertiary/aromatic N) is 3. The molecular weight excluding hydrogens is 377 g/mol. The van der Waals surface area contributed by atoms with Gasteiger partial charge in [0.2, 0.25) is 0 Å².